The fourth-order valence-electron chi connectivity index (χ4n) is 3.41. The van der Waals surface area contributed by atoms with E-state index in [0.717, 1.165) is 36.8 Å². The molecule has 0 heterocycles. The normalized spacial score (nSPS) is 12.2. The Balaban J connectivity index is 1.59. The van der Waals surface area contributed by atoms with Crippen molar-refractivity contribution in [2.75, 3.05) is 36.7 Å². The molecule has 0 aromatic heterocycles. The van der Waals surface area contributed by atoms with Crippen LogP contribution in [0.4, 0.5) is 20.2 Å². The molecule has 198 valence electrons. The minimum Gasteiger partial charge on any atom is -0.462 e. The fourth-order valence-corrected chi connectivity index (χ4v) is 8.87. The van der Waals surface area contributed by atoms with Crippen LogP contribution in [-0.2, 0) is 24.5 Å². The third-order valence-electron chi connectivity index (χ3n) is 5.25. The molecule has 0 aliphatic heterocycles. The van der Waals surface area contributed by atoms with Crippen LogP contribution in [0, 0.1) is 11.6 Å². The van der Waals surface area contributed by atoms with E-state index in [2.05, 4.69) is 13.1 Å². The van der Waals surface area contributed by atoms with Gasteiger partial charge in [0.25, 0.3) is 8.32 Å². The molecule has 0 saturated carbocycles. The highest BCUT2D eigenvalue weighted by Gasteiger charge is 2.31. The molecule has 0 amide bonds. The lowest BCUT2D eigenvalue weighted by atomic mass is 10.2. The number of rotatable bonds is 14. The Hall–Kier alpha value is -2.63. The number of ether oxygens (including phenoxy) is 2. The van der Waals surface area contributed by atoms with E-state index in [1.165, 1.54) is 24.3 Å². The maximum Gasteiger partial charge on any atom is 0.341 e. The number of hydrogen-bond acceptors (Lipinski definition) is 7. The van der Waals surface area contributed by atoms with Crippen molar-refractivity contribution in [1.82, 2.24) is 0 Å². The zero-order chi connectivity index (χ0) is 26.7. The molecule has 0 fully saturated rings. The van der Waals surface area contributed by atoms with Crippen LogP contribution in [0.3, 0.4) is 0 Å². The van der Waals surface area contributed by atoms with Gasteiger partial charge < -0.3 is 20.9 Å². The summed E-state index contributed by atoms with van der Waals surface area (Å²) in [7, 11) is -1.91. The van der Waals surface area contributed by atoms with Crippen molar-refractivity contribution in [2.45, 2.75) is 44.8 Å². The molecule has 0 aliphatic carbocycles. The minimum atomic E-state index is -1.91. The van der Waals surface area contributed by atoms with Gasteiger partial charge in [0.1, 0.15) is 34.8 Å². The number of unbranched alkanes of at least 4 members (excludes halogenated alkanes) is 2. The lowest BCUT2D eigenvalue weighted by Gasteiger charge is -2.19. The van der Waals surface area contributed by atoms with Gasteiger partial charge in [-0.15, -0.1) is 0 Å². The summed E-state index contributed by atoms with van der Waals surface area (Å²) in [5.74, 6) is -1.91. The summed E-state index contributed by atoms with van der Waals surface area (Å²) in [5, 5.41) is 0. The van der Waals surface area contributed by atoms with Gasteiger partial charge in [0.2, 0.25) is 0 Å². The monoisotopic (exact) mass is 541 g/mol. The quantitative estimate of drug-likeness (QED) is 0.113. The molecule has 36 heavy (non-hydrogen) atoms. The lowest BCUT2D eigenvalue weighted by Crippen LogP contribution is -2.34. The topological polar surface area (TPSA) is 114 Å². The molecular weight excluding hydrogens is 506 g/mol. The molecule has 0 radical (unpaired) electrons. The minimum absolute atomic E-state index is 0.158. The van der Waals surface area contributed by atoms with E-state index in [9.17, 15) is 18.4 Å². The summed E-state index contributed by atoms with van der Waals surface area (Å²) < 4.78 is 44.1. The van der Waals surface area contributed by atoms with Crippen LogP contribution in [0.25, 0.3) is 0 Å². The molecular formula is C25H35F2N2O5SSi+. The molecule has 1 unspecified atom stereocenters. The van der Waals surface area contributed by atoms with Gasteiger partial charge in [-0.3, -0.25) is 0 Å². The van der Waals surface area contributed by atoms with Crippen LogP contribution in [-0.4, -0.2) is 45.5 Å². The van der Waals surface area contributed by atoms with Crippen LogP contribution >= 0.6 is 0 Å². The highest BCUT2D eigenvalue weighted by Crippen LogP contribution is 2.20. The van der Waals surface area contributed by atoms with Crippen LogP contribution in [0.15, 0.2) is 36.4 Å². The summed E-state index contributed by atoms with van der Waals surface area (Å²) in [6.45, 7) is 4.69. The van der Waals surface area contributed by atoms with Crippen molar-refractivity contribution >= 4 is 42.8 Å². The first-order chi connectivity index (χ1) is 17.0. The average molecular weight is 542 g/mol. The second-order valence-electron chi connectivity index (χ2n) is 9.03. The second-order valence-corrected chi connectivity index (χ2v) is 15.3. The zero-order valence-corrected chi connectivity index (χ0v) is 22.8. The van der Waals surface area contributed by atoms with Crippen molar-refractivity contribution in [1.29, 1.82) is 0 Å². The van der Waals surface area contributed by atoms with Crippen molar-refractivity contribution in [3.05, 3.63) is 59.2 Å². The molecule has 2 aromatic carbocycles. The number of halogens is 2. The highest BCUT2D eigenvalue weighted by molar-refractivity contribution is 7.92. The Morgan fingerprint density at radius 1 is 0.833 bits per heavy atom. The van der Waals surface area contributed by atoms with Crippen molar-refractivity contribution in [2.24, 2.45) is 0 Å². The van der Waals surface area contributed by atoms with E-state index < -0.39 is 31.9 Å². The molecule has 0 saturated heterocycles. The number of esters is 2. The van der Waals surface area contributed by atoms with Gasteiger partial charge in [0.05, 0.1) is 24.3 Å². The Morgan fingerprint density at radius 2 is 1.31 bits per heavy atom. The van der Waals surface area contributed by atoms with Crippen molar-refractivity contribution in [3.63, 3.8) is 0 Å². The van der Waals surface area contributed by atoms with E-state index >= 15 is 0 Å². The number of carbonyl (C=O) groups excluding carboxylic acids is 2. The van der Waals surface area contributed by atoms with Gasteiger partial charge >= 0.3 is 11.9 Å². The maximum atomic E-state index is 13.7. The van der Waals surface area contributed by atoms with Crippen LogP contribution in [0.5, 0.6) is 0 Å². The van der Waals surface area contributed by atoms with Crippen LogP contribution in [0.2, 0.25) is 19.1 Å². The van der Waals surface area contributed by atoms with Crippen molar-refractivity contribution in [3.8, 4) is 0 Å². The van der Waals surface area contributed by atoms with Gasteiger partial charge in [0, 0.05) is 11.4 Å². The summed E-state index contributed by atoms with van der Waals surface area (Å²) in [6, 6.07) is 8.51. The third-order valence-corrected chi connectivity index (χ3v) is 10.6. The molecule has 0 bridgehead atoms. The summed E-state index contributed by atoms with van der Waals surface area (Å²) in [6.07, 6.45) is 5.00. The first-order valence-corrected chi connectivity index (χ1v) is 16.6. The van der Waals surface area contributed by atoms with E-state index in [4.69, 9.17) is 24.8 Å². The van der Waals surface area contributed by atoms with Gasteiger partial charge in [-0.1, -0.05) is 6.42 Å². The number of nitrogen functional groups attached to an aromatic ring is 2. The van der Waals surface area contributed by atoms with Crippen LogP contribution < -0.4 is 11.5 Å². The molecule has 4 N–H and O–H groups in total. The van der Waals surface area contributed by atoms with Crippen molar-refractivity contribution < 1.29 is 31.7 Å². The van der Waals surface area contributed by atoms with E-state index in [-0.39, 0.29) is 35.5 Å². The van der Waals surface area contributed by atoms with E-state index in [1.807, 2.05) is 6.26 Å². The predicted molar refractivity (Wildman–Crippen MR) is 142 cm³/mol. The molecule has 0 aliphatic rings. The molecule has 0 spiro atoms. The number of carbonyl (C=O) groups is 2. The first kappa shape index (κ1) is 29.6. The average Bonchev–Trinajstić information content (AvgIpc) is 2.81. The van der Waals surface area contributed by atoms with Gasteiger partial charge in [-0.05, 0) is 74.8 Å². The smallest absolute Gasteiger partial charge is 0.341 e. The molecule has 2 aromatic rings. The summed E-state index contributed by atoms with van der Waals surface area (Å²) in [5.41, 5.74) is 11.5. The number of benzene rings is 2. The summed E-state index contributed by atoms with van der Waals surface area (Å²) >= 11 is -0.235. The number of nitrogens with two attached hydrogens (primary N) is 2. The standard InChI is InChI=1S/C25H35F2N2O5SSi/c1-35(14-6-4-12-32-24(30)20-16-18(28)8-10-22(20)26)34-36(2,3)15-7-5-13-33-25(31)21-17-19(29)9-11-23(21)27/h8-11,16-17H,4-7,12-15,28-29H2,1-3H3/q+1. The van der Waals surface area contributed by atoms with E-state index in [0.29, 0.717) is 24.2 Å². The Bertz CT molecular complexity index is 1040. The second kappa shape index (κ2) is 14.2. The first-order valence-electron chi connectivity index (χ1n) is 11.7. The maximum absolute atomic E-state index is 13.7. The largest absolute Gasteiger partial charge is 0.462 e. The Kier molecular flexibility index (Phi) is 11.7. The van der Waals surface area contributed by atoms with Crippen LogP contribution in [0.1, 0.15) is 46.4 Å². The molecule has 2 rings (SSSR count). The highest BCUT2D eigenvalue weighted by atomic mass is 32.2. The van der Waals surface area contributed by atoms with E-state index in [1.54, 1.807) is 0 Å². The van der Waals surface area contributed by atoms with Gasteiger partial charge in [0.15, 0.2) is 0 Å². The Labute approximate surface area is 215 Å². The van der Waals surface area contributed by atoms with Gasteiger partial charge in [-0.25, -0.2) is 22.2 Å². The predicted octanol–water partition coefficient (Wildman–Crippen LogP) is 5.09. The summed E-state index contributed by atoms with van der Waals surface area (Å²) in [4.78, 5) is 24.0. The third kappa shape index (κ3) is 10.2. The molecule has 11 heteroatoms. The number of anilines is 2. The molecule has 1 atom stereocenters. The fraction of sp³-hybridized carbons (Fsp3) is 0.440. The zero-order valence-electron chi connectivity index (χ0n) is 21.0. The lowest BCUT2D eigenvalue weighted by molar-refractivity contribution is 0.0485. The Morgan fingerprint density at radius 3 is 1.81 bits per heavy atom. The van der Waals surface area contributed by atoms with Gasteiger partial charge in [-0.2, -0.15) is 0 Å². The SMILES string of the molecule is C[S+](CCCCOC(=O)c1cc(N)ccc1F)O[Si](C)(C)CCCCOC(=O)c1cc(N)ccc1F. The molecule has 7 nitrogen and oxygen atoms in total. The number of hydrogen-bond donors (Lipinski definition) is 2.